The molecule has 0 aliphatic carbocycles. The Kier molecular flexibility index (Phi) is 3.78. The number of aromatic nitrogens is 1. The van der Waals surface area contributed by atoms with E-state index in [-0.39, 0.29) is 10.6 Å². The third-order valence-electron chi connectivity index (χ3n) is 1.58. The van der Waals surface area contributed by atoms with Crippen LogP contribution in [0.15, 0.2) is 6.20 Å². The molecule has 74 valence electrons. The summed E-state index contributed by atoms with van der Waals surface area (Å²) >= 11 is 8.84. The Morgan fingerprint density at radius 1 is 1.64 bits per heavy atom. The van der Waals surface area contributed by atoms with E-state index in [9.17, 15) is 8.78 Å². The van der Waals surface area contributed by atoms with E-state index in [1.54, 1.807) is 6.07 Å². The van der Waals surface area contributed by atoms with Crippen molar-refractivity contribution in [3.63, 3.8) is 0 Å². The second-order valence-corrected chi connectivity index (χ2v) is 3.34. The fourth-order valence-corrected chi connectivity index (χ4v) is 1.75. The molecule has 0 aliphatic heterocycles. The lowest BCUT2D eigenvalue weighted by Gasteiger charge is -2.06. The van der Waals surface area contributed by atoms with Gasteiger partial charge in [-0.3, -0.25) is 4.98 Å². The van der Waals surface area contributed by atoms with Crippen LogP contribution in [0.1, 0.15) is 23.2 Å². The Labute approximate surface area is 92.6 Å². The van der Waals surface area contributed by atoms with E-state index in [1.807, 2.05) is 0 Å². The number of alkyl halides is 3. The quantitative estimate of drug-likeness (QED) is 0.779. The van der Waals surface area contributed by atoms with E-state index < -0.39 is 12.1 Å². The Morgan fingerprint density at radius 2 is 2.29 bits per heavy atom. The lowest BCUT2D eigenvalue weighted by molar-refractivity contribution is 0.145. The van der Waals surface area contributed by atoms with Crippen LogP contribution in [-0.4, -0.2) is 4.98 Å². The van der Waals surface area contributed by atoms with Crippen molar-refractivity contribution in [1.29, 1.82) is 5.26 Å². The van der Waals surface area contributed by atoms with Crippen LogP contribution in [-0.2, 0) is 5.33 Å². The molecule has 0 saturated carbocycles. The highest BCUT2D eigenvalue weighted by Crippen LogP contribution is 2.29. The minimum absolute atomic E-state index is 0.0367. The molecule has 0 bridgehead atoms. The third-order valence-corrected chi connectivity index (χ3v) is 2.62. The van der Waals surface area contributed by atoms with Crippen molar-refractivity contribution in [2.45, 2.75) is 11.8 Å². The van der Waals surface area contributed by atoms with Crippen LogP contribution in [0.2, 0.25) is 5.02 Å². The minimum Gasteiger partial charge on any atom is -0.253 e. The van der Waals surface area contributed by atoms with E-state index in [1.165, 1.54) is 6.20 Å². The zero-order valence-electron chi connectivity index (χ0n) is 6.77. The van der Waals surface area contributed by atoms with Gasteiger partial charge < -0.3 is 0 Å². The number of pyridine rings is 1. The van der Waals surface area contributed by atoms with E-state index in [0.29, 0.717) is 10.9 Å². The van der Waals surface area contributed by atoms with Crippen molar-refractivity contribution < 1.29 is 8.78 Å². The van der Waals surface area contributed by atoms with Crippen LogP contribution in [0.4, 0.5) is 8.78 Å². The summed E-state index contributed by atoms with van der Waals surface area (Å²) in [5.41, 5.74) is -0.298. The summed E-state index contributed by atoms with van der Waals surface area (Å²) in [6.07, 6.45) is -1.55. The molecule has 0 saturated heterocycles. The van der Waals surface area contributed by atoms with Gasteiger partial charge >= 0.3 is 0 Å². The van der Waals surface area contributed by atoms with Gasteiger partial charge in [-0.1, -0.05) is 27.5 Å². The molecule has 1 aromatic heterocycles. The number of rotatable bonds is 2. The Morgan fingerprint density at radius 3 is 2.71 bits per heavy atom. The van der Waals surface area contributed by atoms with Gasteiger partial charge in [-0.05, 0) is 0 Å². The first kappa shape index (κ1) is 11.3. The Bertz CT molecular complexity index is 390. The topological polar surface area (TPSA) is 36.7 Å². The van der Waals surface area contributed by atoms with Gasteiger partial charge in [0.2, 0.25) is 0 Å². The zero-order chi connectivity index (χ0) is 10.7. The molecule has 0 aromatic carbocycles. The summed E-state index contributed by atoms with van der Waals surface area (Å²) < 4.78 is 24.7. The van der Waals surface area contributed by atoms with E-state index in [0.717, 1.165) is 0 Å². The summed E-state index contributed by atoms with van der Waals surface area (Å²) in [7, 11) is 0. The molecule has 1 aromatic rings. The average Bonchev–Trinajstić information content (AvgIpc) is 2.17. The van der Waals surface area contributed by atoms with Gasteiger partial charge in [0.05, 0.1) is 10.6 Å². The minimum atomic E-state index is -2.79. The van der Waals surface area contributed by atoms with Crippen LogP contribution >= 0.6 is 27.5 Å². The molecule has 0 radical (unpaired) electrons. The monoisotopic (exact) mass is 280 g/mol. The van der Waals surface area contributed by atoms with Gasteiger partial charge in [-0.2, -0.15) is 5.26 Å². The molecule has 0 spiro atoms. The van der Waals surface area contributed by atoms with Crippen LogP contribution in [0.3, 0.4) is 0 Å². The first-order valence-corrected chi connectivity index (χ1v) is 5.03. The molecule has 1 rings (SSSR count). The lowest BCUT2D eigenvalue weighted by Crippen LogP contribution is -1.98. The van der Waals surface area contributed by atoms with Crippen LogP contribution in [0.5, 0.6) is 0 Å². The van der Waals surface area contributed by atoms with Gasteiger partial charge in [0.25, 0.3) is 6.43 Å². The second kappa shape index (κ2) is 4.67. The van der Waals surface area contributed by atoms with E-state index in [2.05, 4.69) is 20.9 Å². The first-order chi connectivity index (χ1) is 6.61. The maximum atomic E-state index is 12.3. The van der Waals surface area contributed by atoms with E-state index >= 15 is 0 Å². The third kappa shape index (κ3) is 2.02. The van der Waals surface area contributed by atoms with Gasteiger partial charge in [0.15, 0.2) is 0 Å². The summed E-state index contributed by atoms with van der Waals surface area (Å²) in [6, 6.07) is 1.62. The molecule has 0 aliphatic rings. The highest BCUT2D eigenvalue weighted by Gasteiger charge is 2.19. The molecule has 0 amide bonds. The standard InChI is InChI=1S/C8H4BrClF2N2/c9-1-4-3-14-7(8(11)12)5(2-13)6(4)10/h3,8H,1H2. The SMILES string of the molecule is N#Cc1c(C(F)F)ncc(CBr)c1Cl. The van der Waals surface area contributed by atoms with Crippen molar-refractivity contribution >= 4 is 27.5 Å². The van der Waals surface area contributed by atoms with Gasteiger partial charge in [-0.25, -0.2) is 8.78 Å². The second-order valence-electron chi connectivity index (χ2n) is 2.40. The number of halogens is 4. The summed E-state index contributed by atoms with van der Waals surface area (Å²) in [5, 5.41) is 9.05. The van der Waals surface area contributed by atoms with Crippen LogP contribution in [0, 0.1) is 11.3 Å². The highest BCUT2D eigenvalue weighted by atomic mass is 79.9. The predicted octanol–water partition coefficient (Wildman–Crippen LogP) is 3.44. The van der Waals surface area contributed by atoms with Crippen molar-refractivity contribution in [1.82, 2.24) is 4.98 Å². The smallest absolute Gasteiger partial charge is 0.253 e. The van der Waals surface area contributed by atoms with Crippen LogP contribution < -0.4 is 0 Å². The number of nitriles is 1. The van der Waals surface area contributed by atoms with Gasteiger partial charge in [0.1, 0.15) is 11.8 Å². The van der Waals surface area contributed by atoms with Gasteiger partial charge in [0, 0.05) is 17.1 Å². The number of hydrogen-bond donors (Lipinski definition) is 0. The predicted molar refractivity (Wildman–Crippen MR) is 51.6 cm³/mol. The number of nitrogens with zero attached hydrogens (tertiary/aromatic N) is 2. The lowest BCUT2D eigenvalue weighted by atomic mass is 10.1. The molecular formula is C8H4BrClF2N2. The summed E-state index contributed by atoms with van der Waals surface area (Å²) in [4.78, 5) is 3.49. The molecule has 14 heavy (non-hydrogen) atoms. The summed E-state index contributed by atoms with van der Waals surface area (Å²) in [5.74, 6) is 0. The van der Waals surface area contributed by atoms with Crippen molar-refractivity contribution in [3.05, 3.63) is 28.0 Å². The Balaban J connectivity index is 3.38. The fraction of sp³-hybridized carbons (Fsp3) is 0.250. The maximum Gasteiger partial charge on any atom is 0.281 e. The fourth-order valence-electron chi connectivity index (χ4n) is 0.907. The molecule has 0 atom stereocenters. The van der Waals surface area contributed by atoms with Crippen LogP contribution in [0.25, 0.3) is 0 Å². The first-order valence-electron chi connectivity index (χ1n) is 3.53. The molecule has 0 N–H and O–H groups in total. The van der Waals surface area contributed by atoms with Crippen molar-refractivity contribution in [3.8, 4) is 6.07 Å². The maximum absolute atomic E-state index is 12.3. The zero-order valence-corrected chi connectivity index (χ0v) is 9.11. The van der Waals surface area contributed by atoms with Crippen molar-refractivity contribution in [2.24, 2.45) is 0 Å². The molecule has 2 nitrogen and oxygen atoms in total. The largest absolute Gasteiger partial charge is 0.281 e. The average molecular weight is 281 g/mol. The normalized spacial score (nSPS) is 10.3. The molecule has 6 heteroatoms. The Hall–Kier alpha value is -0.730. The van der Waals surface area contributed by atoms with Crippen molar-refractivity contribution in [2.75, 3.05) is 0 Å². The van der Waals surface area contributed by atoms with Gasteiger partial charge in [-0.15, -0.1) is 0 Å². The van der Waals surface area contributed by atoms with E-state index in [4.69, 9.17) is 16.9 Å². The molecule has 0 unspecified atom stereocenters. The number of hydrogen-bond acceptors (Lipinski definition) is 2. The highest BCUT2D eigenvalue weighted by molar-refractivity contribution is 9.08. The molecule has 0 fully saturated rings. The summed E-state index contributed by atoms with van der Waals surface area (Å²) in [6.45, 7) is 0. The molecule has 1 heterocycles. The molecular weight excluding hydrogens is 277 g/mol.